The van der Waals surface area contributed by atoms with Crippen LogP contribution in [0.25, 0.3) is 11.3 Å². The lowest BCUT2D eigenvalue weighted by molar-refractivity contribution is -0.136. The van der Waals surface area contributed by atoms with E-state index in [9.17, 15) is 4.79 Å². The average molecular weight is 296 g/mol. The predicted molar refractivity (Wildman–Crippen MR) is 65.5 cm³/mol. The molecule has 0 bridgehead atoms. The maximum absolute atomic E-state index is 10.5. The third-order valence-electron chi connectivity index (χ3n) is 2.32. The van der Waals surface area contributed by atoms with Gasteiger partial charge in [-0.15, -0.1) is 0 Å². The lowest BCUT2D eigenvalue weighted by Gasteiger charge is -1.97. The van der Waals surface area contributed by atoms with Crippen LogP contribution < -0.4 is 0 Å². The summed E-state index contributed by atoms with van der Waals surface area (Å²) in [4.78, 5) is 14.4. The standard InChI is InChI=1S/C11H10BrN3O2/c12-10-8(1-2-9(16)17)14-15-11(10)7-3-5-13-6-4-7/h3-6H,1-2H2,(H,14,15)(H,16,17). The number of hydrogen-bond donors (Lipinski definition) is 2. The Bertz CT molecular complexity index is 525. The van der Waals surface area contributed by atoms with Crippen molar-refractivity contribution in [3.8, 4) is 11.3 Å². The molecule has 88 valence electrons. The Morgan fingerprint density at radius 1 is 1.41 bits per heavy atom. The number of pyridine rings is 1. The minimum absolute atomic E-state index is 0.0799. The lowest BCUT2D eigenvalue weighted by Crippen LogP contribution is -1.98. The Kier molecular flexibility index (Phi) is 3.53. The van der Waals surface area contributed by atoms with E-state index in [1.54, 1.807) is 12.4 Å². The maximum Gasteiger partial charge on any atom is 0.303 e. The molecule has 0 aliphatic rings. The lowest BCUT2D eigenvalue weighted by atomic mass is 10.1. The summed E-state index contributed by atoms with van der Waals surface area (Å²) < 4.78 is 0.810. The van der Waals surface area contributed by atoms with Crippen molar-refractivity contribution in [2.45, 2.75) is 12.8 Å². The molecule has 2 N–H and O–H groups in total. The van der Waals surface area contributed by atoms with E-state index in [-0.39, 0.29) is 6.42 Å². The highest BCUT2D eigenvalue weighted by molar-refractivity contribution is 9.10. The quantitative estimate of drug-likeness (QED) is 0.907. The molecule has 17 heavy (non-hydrogen) atoms. The summed E-state index contributed by atoms with van der Waals surface area (Å²) in [6.45, 7) is 0. The van der Waals surface area contributed by atoms with Crippen molar-refractivity contribution in [1.82, 2.24) is 15.2 Å². The van der Waals surface area contributed by atoms with E-state index < -0.39 is 5.97 Å². The highest BCUT2D eigenvalue weighted by atomic mass is 79.9. The van der Waals surface area contributed by atoms with Gasteiger partial charge in [0.05, 0.1) is 16.6 Å². The molecule has 2 aromatic heterocycles. The number of rotatable bonds is 4. The molecule has 0 fully saturated rings. The molecule has 0 spiro atoms. The molecule has 0 atom stereocenters. The molecule has 0 saturated carbocycles. The zero-order valence-corrected chi connectivity index (χ0v) is 10.4. The van der Waals surface area contributed by atoms with Gasteiger partial charge in [0.15, 0.2) is 0 Å². The van der Waals surface area contributed by atoms with Crippen LogP contribution in [0.3, 0.4) is 0 Å². The predicted octanol–water partition coefficient (Wildman–Crippen LogP) is 2.25. The van der Waals surface area contributed by atoms with Gasteiger partial charge in [-0.2, -0.15) is 5.10 Å². The minimum Gasteiger partial charge on any atom is -0.481 e. The second kappa shape index (κ2) is 5.09. The van der Waals surface area contributed by atoms with Crippen molar-refractivity contribution in [3.05, 3.63) is 34.7 Å². The molecule has 0 radical (unpaired) electrons. The van der Waals surface area contributed by atoms with Gasteiger partial charge in [-0.25, -0.2) is 0 Å². The number of nitrogens with zero attached hydrogens (tertiary/aromatic N) is 2. The Hall–Kier alpha value is -1.69. The van der Waals surface area contributed by atoms with Crippen LogP contribution in [0.4, 0.5) is 0 Å². The second-order valence-corrected chi connectivity index (χ2v) is 4.29. The van der Waals surface area contributed by atoms with Crippen LogP contribution in [0.5, 0.6) is 0 Å². The van der Waals surface area contributed by atoms with Gasteiger partial charge in [-0.05, 0) is 28.1 Å². The molecule has 0 unspecified atom stereocenters. The fourth-order valence-corrected chi connectivity index (χ4v) is 2.07. The van der Waals surface area contributed by atoms with Crippen LogP contribution >= 0.6 is 15.9 Å². The van der Waals surface area contributed by atoms with Crippen LogP contribution in [-0.4, -0.2) is 26.3 Å². The smallest absolute Gasteiger partial charge is 0.303 e. The van der Waals surface area contributed by atoms with Gasteiger partial charge in [0, 0.05) is 24.4 Å². The van der Waals surface area contributed by atoms with E-state index >= 15 is 0 Å². The van der Waals surface area contributed by atoms with Crippen molar-refractivity contribution >= 4 is 21.9 Å². The summed E-state index contributed by atoms with van der Waals surface area (Å²) in [6.07, 6.45) is 3.88. The number of aromatic nitrogens is 3. The summed E-state index contributed by atoms with van der Waals surface area (Å²) in [6, 6.07) is 3.70. The normalized spacial score (nSPS) is 10.4. The Labute approximate surface area is 106 Å². The number of aryl methyl sites for hydroxylation is 1. The Morgan fingerprint density at radius 2 is 2.12 bits per heavy atom. The summed E-state index contributed by atoms with van der Waals surface area (Å²) in [5.41, 5.74) is 2.50. The van der Waals surface area contributed by atoms with E-state index in [1.807, 2.05) is 12.1 Å². The number of aromatic amines is 1. The molecule has 0 saturated heterocycles. The molecule has 2 heterocycles. The van der Waals surface area contributed by atoms with Gasteiger partial charge in [0.25, 0.3) is 0 Å². The molecular weight excluding hydrogens is 286 g/mol. The second-order valence-electron chi connectivity index (χ2n) is 3.49. The third kappa shape index (κ3) is 2.71. The monoisotopic (exact) mass is 295 g/mol. The highest BCUT2D eigenvalue weighted by Gasteiger charge is 2.12. The largest absolute Gasteiger partial charge is 0.481 e. The van der Waals surface area contributed by atoms with E-state index in [2.05, 4.69) is 31.1 Å². The first-order valence-corrected chi connectivity index (χ1v) is 5.82. The van der Waals surface area contributed by atoms with Crippen molar-refractivity contribution < 1.29 is 9.90 Å². The number of hydrogen-bond acceptors (Lipinski definition) is 3. The SMILES string of the molecule is O=C(O)CCc1[nH]nc(-c2ccncc2)c1Br. The van der Waals surface area contributed by atoms with E-state index in [1.165, 1.54) is 0 Å². The molecule has 0 aromatic carbocycles. The van der Waals surface area contributed by atoms with Crippen LogP contribution in [0.15, 0.2) is 29.0 Å². The van der Waals surface area contributed by atoms with Gasteiger partial charge >= 0.3 is 5.97 Å². The first kappa shape index (κ1) is 11.8. The summed E-state index contributed by atoms with van der Waals surface area (Å²) in [5, 5.41) is 15.7. The molecule has 5 nitrogen and oxygen atoms in total. The van der Waals surface area contributed by atoms with Gasteiger partial charge in [0.2, 0.25) is 0 Å². The van der Waals surface area contributed by atoms with Crippen molar-refractivity contribution in [1.29, 1.82) is 0 Å². The van der Waals surface area contributed by atoms with E-state index in [0.29, 0.717) is 6.42 Å². The number of carbonyl (C=O) groups is 1. The summed E-state index contributed by atoms with van der Waals surface area (Å²) >= 11 is 3.43. The zero-order chi connectivity index (χ0) is 12.3. The van der Waals surface area contributed by atoms with E-state index in [0.717, 1.165) is 21.4 Å². The zero-order valence-electron chi connectivity index (χ0n) is 8.85. The van der Waals surface area contributed by atoms with Gasteiger partial charge in [0.1, 0.15) is 5.69 Å². The highest BCUT2D eigenvalue weighted by Crippen LogP contribution is 2.28. The van der Waals surface area contributed by atoms with Crippen LogP contribution in [0.2, 0.25) is 0 Å². The Morgan fingerprint density at radius 3 is 2.76 bits per heavy atom. The number of aliphatic carboxylic acids is 1. The molecule has 6 heteroatoms. The minimum atomic E-state index is -0.822. The first-order valence-electron chi connectivity index (χ1n) is 5.03. The topological polar surface area (TPSA) is 78.9 Å². The molecule has 0 aliphatic carbocycles. The van der Waals surface area contributed by atoms with Crippen LogP contribution in [0, 0.1) is 0 Å². The average Bonchev–Trinajstić information content (AvgIpc) is 2.69. The number of H-pyrrole nitrogens is 1. The fourth-order valence-electron chi connectivity index (χ4n) is 1.46. The fraction of sp³-hybridized carbons (Fsp3) is 0.182. The van der Waals surface area contributed by atoms with Crippen molar-refractivity contribution in [3.63, 3.8) is 0 Å². The summed E-state index contributed by atoms with van der Waals surface area (Å²) in [5.74, 6) is -0.822. The number of carboxylic acid groups (broad SMARTS) is 1. The number of halogens is 1. The van der Waals surface area contributed by atoms with Crippen molar-refractivity contribution in [2.24, 2.45) is 0 Å². The van der Waals surface area contributed by atoms with Crippen LogP contribution in [-0.2, 0) is 11.2 Å². The molecule has 2 rings (SSSR count). The first-order chi connectivity index (χ1) is 8.18. The molecule has 0 aliphatic heterocycles. The molecule has 0 amide bonds. The third-order valence-corrected chi connectivity index (χ3v) is 3.17. The molecular formula is C11H10BrN3O2. The Balaban J connectivity index is 2.24. The number of carboxylic acids is 1. The summed E-state index contributed by atoms with van der Waals surface area (Å²) in [7, 11) is 0. The number of nitrogens with one attached hydrogen (secondary N) is 1. The van der Waals surface area contributed by atoms with E-state index in [4.69, 9.17) is 5.11 Å². The molecule has 2 aromatic rings. The van der Waals surface area contributed by atoms with Crippen LogP contribution in [0.1, 0.15) is 12.1 Å². The van der Waals surface area contributed by atoms with Gasteiger partial charge in [-0.3, -0.25) is 14.9 Å². The van der Waals surface area contributed by atoms with Gasteiger partial charge in [-0.1, -0.05) is 0 Å². The maximum atomic E-state index is 10.5. The van der Waals surface area contributed by atoms with Gasteiger partial charge < -0.3 is 5.11 Å². The van der Waals surface area contributed by atoms with Crippen molar-refractivity contribution in [2.75, 3.05) is 0 Å².